The van der Waals surface area contributed by atoms with E-state index in [0.717, 1.165) is 4.90 Å². The minimum Gasteiger partial charge on any atom is -0.422 e. The van der Waals surface area contributed by atoms with Gasteiger partial charge >= 0.3 is 15.2 Å². The van der Waals surface area contributed by atoms with Gasteiger partial charge in [-0.3, -0.25) is 14.5 Å². The first kappa shape index (κ1) is 27.8. The summed E-state index contributed by atoms with van der Waals surface area (Å²) in [4.78, 5) is 47.7. The third kappa shape index (κ3) is 5.60. The number of carbonyl (C=O) groups is 2. The highest BCUT2D eigenvalue weighted by Gasteiger charge is 2.64. The summed E-state index contributed by atoms with van der Waals surface area (Å²) in [6.07, 6.45) is -0.0834. The first-order valence-corrected chi connectivity index (χ1v) is 15.0. The maximum Gasteiger partial charge on any atom is 0.421 e. The van der Waals surface area contributed by atoms with Crippen molar-refractivity contribution < 1.29 is 42.7 Å². The van der Waals surface area contributed by atoms with Gasteiger partial charge in [0.15, 0.2) is 0 Å². The van der Waals surface area contributed by atoms with Crippen LogP contribution in [0.25, 0.3) is 0 Å². The van der Waals surface area contributed by atoms with Crippen molar-refractivity contribution in [2.75, 3.05) is 6.54 Å². The SMILES string of the molecule is O=C1c2ccccc2C(=O)N1CCCCCC(O)(P(=O)(O)Oc1ccccc1)P(=O)(O)Oc1ccccc1. The van der Waals surface area contributed by atoms with Crippen LogP contribution in [0.4, 0.5) is 0 Å². The van der Waals surface area contributed by atoms with Crippen molar-refractivity contribution in [1.29, 1.82) is 0 Å². The molecular weight excluding hydrogens is 532 g/mol. The summed E-state index contributed by atoms with van der Waals surface area (Å²) in [5.74, 6) is -0.979. The lowest BCUT2D eigenvalue weighted by Crippen LogP contribution is -2.33. The van der Waals surface area contributed by atoms with E-state index in [1.54, 1.807) is 36.4 Å². The van der Waals surface area contributed by atoms with Crippen LogP contribution >= 0.6 is 15.2 Å². The molecule has 3 aromatic carbocycles. The van der Waals surface area contributed by atoms with Crippen LogP contribution < -0.4 is 9.05 Å². The summed E-state index contributed by atoms with van der Waals surface area (Å²) >= 11 is 0. The summed E-state index contributed by atoms with van der Waals surface area (Å²) in [6.45, 7) is 0.0827. The second-order valence-electron chi connectivity index (χ2n) is 8.74. The van der Waals surface area contributed by atoms with Crippen molar-refractivity contribution >= 4 is 27.0 Å². The molecule has 1 heterocycles. The molecule has 200 valence electrons. The van der Waals surface area contributed by atoms with E-state index in [0.29, 0.717) is 17.5 Å². The molecule has 0 fully saturated rings. The van der Waals surface area contributed by atoms with E-state index < -0.39 is 38.5 Å². The number of carbonyl (C=O) groups excluding carboxylic acids is 2. The Morgan fingerprint density at radius 2 is 1.08 bits per heavy atom. The molecular formula is C26H27NO9P2. The summed E-state index contributed by atoms with van der Waals surface area (Å²) in [6, 6.07) is 21.4. The topological polar surface area (TPSA) is 151 Å². The fraction of sp³-hybridized carbons (Fsp3) is 0.231. The monoisotopic (exact) mass is 559 g/mol. The molecule has 1 aliphatic heterocycles. The number of imide groups is 1. The summed E-state index contributed by atoms with van der Waals surface area (Å²) in [5.41, 5.74) is 0.649. The number of hydrogen-bond donors (Lipinski definition) is 3. The number of unbranched alkanes of at least 4 members (excludes halogenated alkanes) is 2. The zero-order chi connectivity index (χ0) is 27.4. The molecule has 0 saturated carbocycles. The minimum absolute atomic E-state index is 0.00886. The largest absolute Gasteiger partial charge is 0.422 e. The van der Waals surface area contributed by atoms with Gasteiger partial charge in [0.05, 0.1) is 11.1 Å². The Kier molecular flexibility index (Phi) is 8.21. The van der Waals surface area contributed by atoms with Gasteiger partial charge in [0.25, 0.3) is 16.9 Å². The molecule has 4 rings (SSSR count). The normalized spacial score (nSPS) is 17.7. The van der Waals surface area contributed by atoms with Gasteiger partial charge in [-0.1, -0.05) is 55.0 Å². The van der Waals surface area contributed by atoms with E-state index in [-0.39, 0.29) is 30.9 Å². The first-order chi connectivity index (χ1) is 18.1. The van der Waals surface area contributed by atoms with Gasteiger partial charge in [0.1, 0.15) is 11.5 Å². The highest BCUT2D eigenvalue weighted by Crippen LogP contribution is 2.73. The van der Waals surface area contributed by atoms with Crippen LogP contribution in [0.5, 0.6) is 11.5 Å². The van der Waals surface area contributed by atoms with Crippen LogP contribution in [0.3, 0.4) is 0 Å². The number of aliphatic hydroxyl groups is 1. The maximum absolute atomic E-state index is 13.3. The van der Waals surface area contributed by atoms with Crippen molar-refractivity contribution in [2.24, 2.45) is 0 Å². The molecule has 0 aromatic heterocycles. The number of para-hydroxylation sites is 2. The van der Waals surface area contributed by atoms with E-state index in [9.17, 15) is 33.6 Å². The molecule has 3 aromatic rings. The molecule has 2 unspecified atom stereocenters. The molecule has 1 aliphatic rings. The Morgan fingerprint density at radius 1 is 0.658 bits per heavy atom. The molecule has 0 aliphatic carbocycles. The highest BCUT2D eigenvalue weighted by molar-refractivity contribution is 7.73. The molecule has 0 radical (unpaired) electrons. The van der Waals surface area contributed by atoms with Crippen LogP contribution in [-0.2, 0) is 9.13 Å². The second kappa shape index (κ2) is 11.2. The predicted octanol–water partition coefficient (Wildman–Crippen LogP) is 5.02. The Hall–Kier alpha value is -3.26. The summed E-state index contributed by atoms with van der Waals surface area (Å²) in [5, 5.41) is 8.14. The Bertz CT molecular complexity index is 1300. The molecule has 0 spiro atoms. The molecule has 38 heavy (non-hydrogen) atoms. The predicted molar refractivity (Wildman–Crippen MR) is 139 cm³/mol. The smallest absolute Gasteiger partial charge is 0.421 e. The maximum atomic E-state index is 13.3. The third-order valence-electron chi connectivity index (χ3n) is 6.12. The van der Waals surface area contributed by atoms with E-state index >= 15 is 0 Å². The van der Waals surface area contributed by atoms with Gasteiger partial charge in [-0.05, 0) is 49.2 Å². The molecule has 2 atom stereocenters. The standard InChI is InChI=1S/C26H27NO9P2/c28-24-22-16-8-9-17-23(22)25(29)27(24)19-11-3-10-18-26(30,37(31,32)35-20-12-4-1-5-13-20)38(33,34)36-21-14-6-2-7-15-21/h1-2,4-9,12-17,30H,3,10-11,18-19H2,(H,31,32)(H,33,34). The average molecular weight is 559 g/mol. The zero-order valence-electron chi connectivity index (χ0n) is 20.3. The van der Waals surface area contributed by atoms with Gasteiger partial charge in [-0.2, -0.15) is 0 Å². The van der Waals surface area contributed by atoms with Crippen LogP contribution in [0, 0.1) is 0 Å². The fourth-order valence-electron chi connectivity index (χ4n) is 4.09. The van der Waals surface area contributed by atoms with E-state index in [1.165, 1.54) is 48.5 Å². The molecule has 10 nitrogen and oxygen atoms in total. The van der Waals surface area contributed by atoms with Gasteiger partial charge in [0, 0.05) is 13.0 Å². The molecule has 0 saturated heterocycles. The van der Waals surface area contributed by atoms with Crippen molar-refractivity contribution in [2.45, 2.75) is 30.8 Å². The number of amides is 2. The van der Waals surface area contributed by atoms with Crippen molar-refractivity contribution in [3.63, 3.8) is 0 Å². The third-order valence-corrected chi connectivity index (χ3v) is 10.8. The number of rotatable bonds is 12. The Labute approximate surface area is 219 Å². The first-order valence-electron chi connectivity index (χ1n) is 11.9. The highest BCUT2D eigenvalue weighted by atomic mass is 31.2. The molecule has 2 amide bonds. The molecule has 12 heteroatoms. The van der Waals surface area contributed by atoms with E-state index in [1.807, 2.05) is 0 Å². The van der Waals surface area contributed by atoms with Crippen molar-refractivity contribution in [3.8, 4) is 11.5 Å². The van der Waals surface area contributed by atoms with Gasteiger partial charge < -0.3 is 23.9 Å². The number of benzene rings is 3. The summed E-state index contributed by atoms with van der Waals surface area (Å²) < 4.78 is 36.9. The lowest BCUT2D eigenvalue weighted by Gasteiger charge is -2.34. The number of hydrogen-bond acceptors (Lipinski definition) is 7. The molecule has 3 N–H and O–H groups in total. The van der Waals surface area contributed by atoms with Crippen LogP contribution in [0.15, 0.2) is 84.9 Å². The number of fused-ring (bicyclic) bond motifs is 1. The zero-order valence-corrected chi connectivity index (χ0v) is 22.0. The Morgan fingerprint density at radius 3 is 1.53 bits per heavy atom. The Balaban J connectivity index is 1.46. The number of nitrogens with zero attached hydrogens (tertiary/aromatic N) is 1. The van der Waals surface area contributed by atoms with E-state index in [2.05, 4.69) is 0 Å². The van der Waals surface area contributed by atoms with Gasteiger partial charge in [0.2, 0.25) is 0 Å². The van der Waals surface area contributed by atoms with Gasteiger partial charge in [-0.15, -0.1) is 0 Å². The summed E-state index contributed by atoms with van der Waals surface area (Å²) in [7, 11) is -10.4. The fourth-order valence-corrected chi connectivity index (χ4v) is 7.60. The molecule has 0 bridgehead atoms. The van der Waals surface area contributed by atoms with Crippen LogP contribution in [0.2, 0.25) is 0 Å². The minimum atomic E-state index is -5.22. The lowest BCUT2D eigenvalue weighted by molar-refractivity contribution is 0.0650. The van der Waals surface area contributed by atoms with Crippen molar-refractivity contribution in [3.05, 3.63) is 96.1 Å². The van der Waals surface area contributed by atoms with Crippen LogP contribution in [-0.4, -0.2) is 43.2 Å². The lowest BCUT2D eigenvalue weighted by atomic mass is 10.1. The quantitative estimate of drug-likeness (QED) is 0.158. The van der Waals surface area contributed by atoms with Crippen LogP contribution in [0.1, 0.15) is 46.4 Å². The average Bonchev–Trinajstić information content (AvgIpc) is 3.13. The van der Waals surface area contributed by atoms with Crippen molar-refractivity contribution in [1.82, 2.24) is 4.90 Å². The van der Waals surface area contributed by atoms with Gasteiger partial charge in [-0.25, -0.2) is 9.13 Å². The van der Waals surface area contributed by atoms with E-state index in [4.69, 9.17) is 9.05 Å². The second-order valence-corrected chi connectivity index (χ2v) is 13.0.